The lowest BCUT2D eigenvalue weighted by Crippen LogP contribution is -1.98. The molecular weight excluding hydrogens is 327 g/mol. The second kappa shape index (κ2) is 6.35. The number of fused-ring (bicyclic) bond motifs is 1. The van der Waals surface area contributed by atoms with Crippen LogP contribution in [0.1, 0.15) is 11.1 Å². The third-order valence-electron chi connectivity index (χ3n) is 4.68. The fraction of sp³-hybridized carbons (Fsp3) is 0.143. The minimum Gasteiger partial charge on any atom is -0.333 e. The van der Waals surface area contributed by atoms with Crippen LogP contribution in [0, 0.1) is 12.7 Å². The van der Waals surface area contributed by atoms with Crippen molar-refractivity contribution >= 4 is 10.9 Å². The van der Waals surface area contributed by atoms with Gasteiger partial charge in [0, 0.05) is 42.4 Å². The Kier molecular flexibility index (Phi) is 4.01. The lowest BCUT2D eigenvalue weighted by Gasteiger charge is -2.12. The monoisotopic (exact) mass is 346 g/mol. The Bertz CT molecular complexity index is 1110. The average Bonchev–Trinajstić information content (AvgIpc) is 3.01. The molecule has 2 N–H and O–H groups in total. The Morgan fingerprint density at radius 3 is 2.65 bits per heavy atom. The van der Waals surface area contributed by atoms with Crippen molar-refractivity contribution in [1.29, 1.82) is 0 Å². The van der Waals surface area contributed by atoms with Gasteiger partial charge in [0.2, 0.25) is 0 Å². The Morgan fingerprint density at radius 2 is 1.88 bits per heavy atom. The molecule has 0 saturated heterocycles. The molecule has 0 unspecified atom stereocenters. The van der Waals surface area contributed by atoms with Crippen molar-refractivity contribution in [2.24, 2.45) is 12.8 Å². The molecule has 5 heteroatoms. The lowest BCUT2D eigenvalue weighted by molar-refractivity contribution is 0.629. The molecule has 26 heavy (non-hydrogen) atoms. The summed E-state index contributed by atoms with van der Waals surface area (Å²) < 4.78 is 15.6. The maximum Gasteiger partial charge on any atom is 0.125 e. The number of benzene rings is 2. The van der Waals surface area contributed by atoms with Gasteiger partial charge in [-0.2, -0.15) is 0 Å². The smallest absolute Gasteiger partial charge is 0.125 e. The van der Waals surface area contributed by atoms with Crippen molar-refractivity contribution in [3.05, 3.63) is 71.9 Å². The molecule has 0 aliphatic heterocycles. The van der Waals surface area contributed by atoms with Crippen LogP contribution in [0.5, 0.6) is 0 Å². The molecule has 4 nitrogen and oxygen atoms in total. The van der Waals surface area contributed by atoms with E-state index in [1.807, 2.05) is 23.7 Å². The summed E-state index contributed by atoms with van der Waals surface area (Å²) in [6, 6.07) is 12.8. The van der Waals surface area contributed by atoms with E-state index in [2.05, 4.69) is 29.0 Å². The first-order valence-corrected chi connectivity index (χ1v) is 8.44. The molecule has 130 valence electrons. The van der Waals surface area contributed by atoms with Gasteiger partial charge in [-0.05, 0) is 36.2 Å². The first-order chi connectivity index (χ1) is 12.6. The van der Waals surface area contributed by atoms with E-state index in [0.717, 1.165) is 39.0 Å². The van der Waals surface area contributed by atoms with Crippen LogP contribution in [0.2, 0.25) is 0 Å². The predicted octanol–water partition coefficient (Wildman–Crippen LogP) is 4.21. The van der Waals surface area contributed by atoms with Gasteiger partial charge >= 0.3 is 0 Å². The van der Waals surface area contributed by atoms with Gasteiger partial charge in [0.1, 0.15) is 5.82 Å². The second-order valence-electron chi connectivity index (χ2n) is 6.43. The van der Waals surface area contributed by atoms with Gasteiger partial charge in [-0.3, -0.25) is 4.98 Å². The highest BCUT2D eigenvalue weighted by molar-refractivity contribution is 5.97. The number of hydrogen-bond acceptors (Lipinski definition) is 3. The van der Waals surface area contributed by atoms with Crippen LogP contribution in [-0.4, -0.2) is 14.5 Å². The highest BCUT2D eigenvalue weighted by Gasteiger charge is 2.17. The van der Waals surface area contributed by atoms with Crippen LogP contribution in [-0.2, 0) is 13.6 Å². The summed E-state index contributed by atoms with van der Waals surface area (Å²) in [5.74, 6) is -0.291. The molecule has 0 atom stereocenters. The molecule has 0 spiro atoms. The van der Waals surface area contributed by atoms with Crippen molar-refractivity contribution in [2.45, 2.75) is 13.5 Å². The van der Waals surface area contributed by atoms with Gasteiger partial charge in [-0.25, -0.2) is 9.37 Å². The van der Waals surface area contributed by atoms with Crippen LogP contribution >= 0.6 is 0 Å². The Balaban J connectivity index is 1.97. The normalized spacial score (nSPS) is 11.2. The van der Waals surface area contributed by atoms with Crippen LogP contribution in [0.25, 0.3) is 33.4 Å². The second-order valence-corrected chi connectivity index (χ2v) is 6.43. The number of aryl methyl sites for hydroxylation is 2. The molecule has 4 aromatic rings. The molecule has 0 saturated carbocycles. The topological polar surface area (TPSA) is 56.7 Å². The van der Waals surface area contributed by atoms with Gasteiger partial charge in [-0.1, -0.05) is 18.2 Å². The van der Waals surface area contributed by atoms with Crippen molar-refractivity contribution in [1.82, 2.24) is 14.5 Å². The summed E-state index contributed by atoms with van der Waals surface area (Å²) in [6.07, 6.45) is 3.51. The molecule has 2 aromatic heterocycles. The quantitative estimate of drug-likeness (QED) is 0.604. The van der Waals surface area contributed by atoms with Gasteiger partial charge < -0.3 is 10.3 Å². The molecule has 4 rings (SSSR count). The van der Waals surface area contributed by atoms with E-state index in [0.29, 0.717) is 12.1 Å². The van der Waals surface area contributed by atoms with Gasteiger partial charge in [-0.15, -0.1) is 0 Å². The zero-order chi connectivity index (χ0) is 18.3. The Hall–Kier alpha value is -3.05. The van der Waals surface area contributed by atoms with E-state index < -0.39 is 0 Å². The Labute approximate surface area is 151 Å². The fourth-order valence-corrected chi connectivity index (χ4v) is 3.39. The number of nitrogens with zero attached hydrogens (tertiary/aromatic N) is 3. The van der Waals surface area contributed by atoms with Gasteiger partial charge in [0.05, 0.1) is 23.2 Å². The van der Waals surface area contributed by atoms with E-state index in [4.69, 9.17) is 5.73 Å². The summed E-state index contributed by atoms with van der Waals surface area (Å²) >= 11 is 0. The van der Waals surface area contributed by atoms with Crippen LogP contribution in [0.4, 0.5) is 4.39 Å². The summed E-state index contributed by atoms with van der Waals surface area (Å²) in [6.45, 7) is 2.57. The summed E-state index contributed by atoms with van der Waals surface area (Å²) in [4.78, 5) is 8.94. The van der Waals surface area contributed by atoms with E-state index in [9.17, 15) is 4.39 Å². The number of aromatic nitrogens is 3. The van der Waals surface area contributed by atoms with Crippen LogP contribution < -0.4 is 5.73 Å². The van der Waals surface area contributed by atoms with Crippen LogP contribution in [0.15, 0.2) is 55.0 Å². The highest BCUT2D eigenvalue weighted by atomic mass is 19.1. The van der Waals surface area contributed by atoms with Crippen molar-refractivity contribution < 1.29 is 4.39 Å². The van der Waals surface area contributed by atoms with Crippen molar-refractivity contribution in [3.8, 4) is 22.5 Å². The first kappa shape index (κ1) is 16.4. The number of rotatable bonds is 3. The highest BCUT2D eigenvalue weighted by Crippen LogP contribution is 2.36. The van der Waals surface area contributed by atoms with Crippen molar-refractivity contribution in [3.63, 3.8) is 0 Å². The molecule has 0 radical (unpaired) electrons. The fourth-order valence-electron chi connectivity index (χ4n) is 3.39. The number of halogens is 1. The Morgan fingerprint density at radius 1 is 1.04 bits per heavy atom. The predicted molar refractivity (Wildman–Crippen MR) is 102 cm³/mol. The summed E-state index contributed by atoms with van der Waals surface area (Å²) in [7, 11) is 1.96. The number of hydrogen-bond donors (Lipinski definition) is 1. The maximum absolute atomic E-state index is 13.6. The largest absolute Gasteiger partial charge is 0.333 e. The molecule has 0 aliphatic carbocycles. The number of pyridine rings is 1. The number of imidazole rings is 1. The molecule has 0 aliphatic rings. The number of nitrogens with two attached hydrogens (primary N) is 1. The summed E-state index contributed by atoms with van der Waals surface area (Å²) in [5.41, 5.74) is 12.5. The lowest BCUT2D eigenvalue weighted by atomic mass is 9.97. The molecule has 0 amide bonds. The standard InChI is InChI=1S/C21H19FN4/c1-13-9-14(11-23)3-5-16(13)20-21(26(2)12-25-20)18-7-8-24-19-10-15(22)4-6-17(18)19/h3-10,12H,11,23H2,1-2H3. The maximum atomic E-state index is 13.6. The zero-order valence-electron chi connectivity index (χ0n) is 14.7. The third kappa shape index (κ3) is 2.66. The van der Waals surface area contributed by atoms with E-state index in [-0.39, 0.29) is 5.82 Å². The van der Waals surface area contributed by atoms with E-state index in [1.165, 1.54) is 12.1 Å². The third-order valence-corrected chi connectivity index (χ3v) is 4.68. The van der Waals surface area contributed by atoms with E-state index >= 15 is 0 Å². The average molecular weight is 346 g/mol. The first-order valence-electron chi connectivity index (χ1n) is 8.44. The molecule has 2 heterocycles. The minimum atomic E-state index is -0.291. The molecule has 2 aromatic carbocycles. The molecule has 0 fully saturated rings. The molecule has 0 bridgehead atoms. The summed E-state index contributed by atoms with van der Waals surface area (Å²) in [5, 5.41) is 0.898. The van der Waals surface area contributed by atoms with Gasteiger partial charge in [0.15, 0.2) is 0 Å². The van der Waals surface area contributed by atoms with Crippen LogP contribution in [0.3, 0.4) is 0 Å². The van der Waals surface area contributed by atoms with E-state index in [1.54, 1.807) is 18.6 Å². The SMILES string of the molecule is Cc1cc(CN)ccc1-c1ncn(C)c1-c1ccnc2cc(F)ccc12. The minimum absolute atomic E-state index is 0.291. The van der Waals surface area contributed by atoms with Gasteiger partial charge in [0.25, 0.3) is 0 Å². The zero-order valence-corrected chi connectivity index (χ0v) is 14.7. The molecular formula is C21H19FN4. The van der Waals surface area contributed by atoms with Crippen molar-refractivity contribution in [2.75, 3.05) is 0 Å².